The van der Waals surface area contributed by atoms with Gasteiger partial charge in [-0.2, -0.15) is 0 Å². The molecule has 8 nitrogen and oxygen atoms in total. The van der Waals surface area contributed by atoms with Gasteiger partial charge >= 0.3 is 0 Å². The molecule has 0 spiro atoms. The monoisotopic (exact) mass is 405 g/mol. The Morgan fingerprint density at radius 3 is 2.50 bits per heavy atom. The third-order valence-electron chi connectivity index (χ3n) is 5.50. The molecule has 30 heavy (non-hydrogen) atoms. The van der Waals surface area contributed by atoms with Gasteiger partial charge in [-0.1, -0.05) is 0 Å². The minimum Gasteiger partial charge on any atom is -0.347 e. The number of pyridine rings is 1. The van der Waals surface area contributed by atoms with Gasteiger partial charge in [-0.25, -0.2) is 15.0 Å². The predicted octanol–water partition coefficient (Wildman–Crippen LogP) is 2.07. The number of piperidine rings is 1. The van der Waals surface area contributed by atoms with Crippen LogP contribution < -0.4 is 10.5 Å². The second-order valence-corrected chi connectivity index (χ2v) is 8.01. The number of aromatic nitrogens is 5. The van der Waals surface area contributed by atoms with E-state index in [4.69, 9.17) is 0 Å². The molecule has 156 valence electrons. The molecule has 8 heteroatoms. The van der Waals surface area contributed by atoms with Crippen molar-refractivity contribution in [3.05, 3.63) is 65.2 Å². The van der Waals surface area contributed by atoms with E-state index in [0.29, 0.717) is 18.2 Å². The lowest BCUT2D eigenvalue weighted by Crippen LogP contribution is -2.36. The minimum atomic E-state index is -0.00980. The van der Waals surface area contributed by atoms with E-state index in [1.807, 2.05) is 43.5 Å². The minimum absolute atomic E-state index is 0.00980. The van der Waals surface area contributed by atoms with Crippen molar-refractivity contribution in [1.29, 1.82) is 0 Å². The Hall–Kier alpha value is -3.13. The SMILES string of the molecule is CN(C)c1ncc(CN2CCC(Cn3cnc(-c4cccnc4)cc3=O)CC2)cn1. The van der Waals surface area contributed by atoms with Crippen LogP contribution >= 0.6 is 0 Å². The molecule has 1 saturated heterocycles. The van der Waals surface area contributed by atoms with Crippen LogP contribution in [0.25, 0.3) is 11.3 Å². The Balaban J connectivity index is 1.31. The predicted molar refractivity (Wildman–Crippen MR) is 116 cm³/mol. The topological polar surface area (TPSA) is 80.0 Å². The van der Waals surface area contributed by atoms with E-state index in [1.54, 1.807) is 29.4 Å². The molecule has 0 aliphatic carbocycles. The van der Waals surface area contributed by atoms with Crippen LogP contribution in [0.15, 0.2) is 54.1 Å². The fourth-order valence-corrected chi connectivity index (χ4v) is 3.76. The fourth-order valence-electron chi connectivity index (χ4n) is 3.76. The van der Waals surface area contributed by atoms with Gasteiger partial charge in [-0.3, -0.25) is 19.2 Å². The summed E-state index contributed by atoms with van der Waals surface area (Å²) in [5.74, 6) is 1.21. The summed E-state index contributed by atoms with van der Waals surface area (Å²) in [7, 11) is 3.88. The van der Waals surface area contributed by atoms with Crippen molar-refractivity contribution in [2.45, 2.75) is 25.9 Å². The van der Waals surface area contributed by atoms with Crippen molar-refractivity contribution in [1.82, 2.24) is 29.4 Å². The molecule has 1 aliphatic rings. The second-order valence-electron chi connectivity index (χ2n) is 8.01. The third kappa shape index (κ3) is 4.88. The molecule has 1 fully saturated rings. The molecule has 0 atom stereocenters. The van der Waals surface area contributed by atoms with Gasteiger partial charge in [0.15, 0.2) is 0 Å². The maximum Gasteiger partial charge on any atom is 0.253 e. The lowest BCUT2D eigenvalue weighted by molar-refractivity contribution is 0.166. The van der Waals surface area contributed by atoms with Crippen LogP contribution in [0.2, 0.25) is 0 Å². The average molecular weight is 406 g/mol. The summed E-state index contributed by atoms with van der Waals surface area (Å²) in [6, 6.07) is 5.36. The highest BCUT2D eigenvalue weighted by atomic mass is 16.1. The molecule has 0 radical (unpaired) electrons. The van der Waals surface area contributed by atoms with Gasteiger partial charge in [-0.15, -0.1) is 0 Å². The molecular formula is C22H27N7O. The number of anilines is 1. The fraction of sp³-hybridized carbons (Fsp3) is 0.409. The van der Waals surface area contributed by atoms with Crippen molar-refractivity contribution in [3.8, 4) is 11.3 Å². The van der Waals surface area contributed by atoms with Gasteiger partial charge < -0.3 is 4.90 Å². The molecule has 0 N–H and O–H groups in total. The van der Waals surface area contributed by atoms with E-state index >= 15 is 0 Å². The maximum atomic E-state index is 12.5. The van der Waals surface area contributed by atoms with Gasteiger partial charge in [0.05, 0.1) is 12.0 Å². The van der Waals surface area contributed by atoms with Crippen molar-refractivity contribution in [3.63, 3.8) is 0 Å². The summed E-state index contributed by atoms with van der Waals surface area (Å²) in [6.45, 7) is 3.60. The van der Waals surface area contributed by atoms with Crippen molar-refractivity contribution in [2.75, 3.05) is 32.1 Å². The molecule has 3 aromatic rings. The highest BCUT2D eigenvalue weighted by Gasteiger charge is 2.20. The van der Waals surface area contributed by atoms with Crippen molar-refractivity contribution >= 4 is 5.95 Å². The van der Waals surface area contributed by atoms with Crippen LogP contribution in [-0.4, -0.2) is 56.6 Å². The average Bonchev–Trinajstić information content (AvgIpc) is 2.77. The quantitative estimate of drug-likeness (QED) is 0.621. The first kappa shape index (κ1) is 20.2. The molecule has 0 amide bonds. The third-order valence-corrected chi connectivity index (χ3v) is 5.50. The normalized spacial score (nSPS) is 15.3. The molecule has 4 heterocycles. The summed E-state index contributed by atoms with van der Waals surface area (Å²) < 4.78 is 1.73. The number of nitrogens with zero attached hydrogens (tertiary/aromatic N) is 7. The van der Waals surface area contributed by atoms with Crippen molar-refractivity contribution < 1.29 is 0 Å². The highest BCUT2D eigenvalue weighted by molar-refractivity contribution is 5.56. The summed E-state index contributed by atoms with van der Waals surface area (Å²) in [5, 5.41) is 0. The van der Waals surface area contributed by atoms with Crippen LogP contribution in [-0.2, 0) is 13.1 Å². The van der Waals surface area contributed by atoms with Crippen LogP contribution in [0.3, 0.4) is 0 Å². The number of hydrogen-bond donors (Lipinski definition) is 0. The first-order valence-corrected chi connectivity index (χ1v) is 10.3. The Kier molecular flexibility index (Phi) is 6.13. The lowest BCUT2D eigenvalue weighted by atomic mass is 9.96. The van der Waals surface area contributed by atoms with Crippen LogP contribution in [0, 0.1) is 5.92 Å². The first-order chi connectivity index (χ1) is 14.6. The van der Waals surface area contributed by atoms with Gasteiger partial charge in [0.2, 0.25) is 5.95 Å². The Labute approximate surface area is 176 Å². The van der Waals surface area contributed by atoms with Crippen LogP contribution in [0.4, 0.5) is 5.95 Å². The van der Waals surface area contributed by atoms with E-state index in [0.717, 1.165) is 49.6 Å². The summed E-state index contributed by atoms with van der Waals surface area (Å²) >= 11 is 0. The molecule has 0 aromatic carbocycles. The van der Waals surface area contributed by atoms with Gasteiger partial charge in [-0.05, 0) is 44.0 Å². The van der Waals surface area contributed by atoms with E-state index in [1.165, 1.54) is 0 Å². The first-order valence-electron chi connectivity index (χ1n) is 10.3. The molecule has 4 rings (SSSR count). The zero-order valence-electron chi connectivity index (χ0n) is 17.5. The summed E-state index contributed by atoms with van der Waals surface area (Å²) in [6.07, 6.45) is 11.0. The number of rotatable bonds is 6. The summed E-state index contributed by atoms with van der Waals surface area (Å²) in [4.78, 5) is 34.2. The second kappa shape index (κ2) is 9.13. The number of likely N-dealkylation sites (tertiary alicyclic amines) is 1. The molecule has 1 aliphatic heterocycles. The molecule has 0 saturated carbocycles. The molecule has 0 bridgehead atoms. The van der Waals surface area contributed by atoms with Gasteiger partial charge in [0.25, 0.3) is 5.56 Å². The Morgan fingerprint density at radius 2 is 1.87 bits per heavy atom. The van der Waals surface area contributed by atoms with E-state index < -0.39 is 0 Å². The highest BCUT2D eigenvalue weighted by Crippen LogP contribution is 2.20. The van der Waals surface area contributed by atoms with Crippen LogP contribution in [0.1, 0.15) is 18.4 Å². The summed E-state index contributed by atoms with van der Waals surface area (Å²) in [5.41, 5.74) is 2.65. The van der Waals surface area contributed by atoms with Gasteiger partial charge in [0.1, 0.15) is 0 Å². The molecule has 3 aromatic heterocycles. The van der Waals surface area contributed by atoms with Gasteiger partial charge in [0, 0.05) is 69.2 Å². The Bertz CT molecular complexity index is 1010. The molecule has 0 unspecified atom stereocenters. The zero-order valence-corrected chi connectivity index (χ0v) is 17.5. The van der Waals surface area contributed by atoms with E-state index in [2.05, 4.69) is 24.8 Å². The Morgan fingerprint density at radius 1 is 1.10 bits per heavy atom. The smallest absolute Gasteiger partial charge is 0.253 e. The van der Waals surface area contributed by atoms with E-state index in [9.17, 15) is 4.79 Å². The number of hydrogen-bond acceptors (Lipinski definition) is 7. The van der Waals surface area contributed by atoms with Crippen LogP contribution in [0.5, 0.6) is 0 Å². The molecular weight excluding hydrogens is 378 g/mol. The standard InChI is InChI=1S/C22H27N7O/c1-27(2)22-24-11-18(12-25-22)14-28-8-5-17(6-9-28)15-29-16-26-20(10-21(29)30)19-4-3-7-23-13-19/h3-4,7,10-13,16-17H,5-6,8-9,14-15H2,1-2H3. The maximum absolute atomic E-state index is 12.5. The zero-order chi connectivity index (χ0) is 20.9. The van der Waals surface area contributed by atoms with Crippen molar-refractivity contribution in [2.24, 2.45) is 5.92 Å². The lowest BCUT2D eigenvalue weighted by Gasteiger charge is -2.32. The van der Waals surface area contributed by atoms with E-state index in [-0.39, 0.29) is 5.56 Å². The largest absolute Gasteiger partial charge is 0.347 e.